The van der Waals surface area contributed by atoms with Crippen LogP contribution in [0.2, 0.25) is 0 Å². The van der Waals surface area contributed by atoms with Crippen LogP contribution >= 0.6 is 0 Å². The van der Waals surface area contributed by atoms with Crippen LogP contribution in [0.4, 0.5) is 11.4 Å². The molecule has 25 heavy (non-hydrogen) atoms. The SMILES string of the molecule is CN1CCN(Cc2cccc(NC(=O)Cc3ccc(N)cc3)c2)CC1. The average molecular weight is 338 g/mol. The molecular weight excluding hydrogens is 312 g/mol. The van der Waals surface area contributed by atoms with Crippen molar-refractivity contribution in [3.63, 3.8) is 0 Å². The minimum Gasteiger partial charge on any atom is -0.399 e. The van der Waals surface area contributed by atoms with Gasteiger partial charge in [0.05, 0.1) is 6.42 Å². The van der Waals surface area contributed by atoms with E-state index in [1.807, 2.05) is 36.4 Å². The van der Waals surface area contributed by atoms with Crippen LogP contribution in [0.3, 0.4) is 0 Å². The molecule has 0 aliphatic carbocycles. The molecule has 0 aromatic heterocycles. The second-order valence-corrected chi connectivity index (χ2v) is 6.75. The van der Waals surface area contributed by atoms with E-state index >= 15 is 0 Å². The molecular formula is C20H26N4O. The molecule has 0 bridgehead atoms. The van der Waals surface area contributed by atoms with Gasteiger partial charge in [-0.15, -0.1) is 0 Å². The summed E-state index contributed by atoms with van der Waals surface area (Å²) < 4.78 is 0. The minimum atomic E-state index is -0.0125. The number of nitrogen functional groups attached to an aromatic ring is 1. The zero-order valence-electron chi connectivity index (χ0n) is 14.7. The highest BCUT2D eigenvalue weighted by molar-refractivity contribution is 5.92. The Labute approximate surface area is 149 Å². The fourth-order valence-corrected chi connectivity index (χ4v) is 3.04. The number of likely N-dealkylation sites (N-methyl/N-ethyl adjacent to an activating group) is 1. The summed E-state index contributed by atoms with van der Waals surface area (Å²) in [6.07, 6.45) is 0.350. The molecule has 1 fully saturated rings. The topological polar surface area (TPSA) is 61.6 Å². The lowest BCUT2D eigenvalue weighted by molar-refractivity contribution is -0.115. The van der Waals surface area contributed by atoms with Gasteiger partial charge in [0.15, 0.2) is 0 Å². The monoisotopic (exact) mass is 338 g/mol. The molecule has 5 heteroatoms. The predicted octanol–water partition coefficient (Wildman–Crippen LogP) is 2.20. The van der Waals surface area contributed by atoms with Gasteiger partial charge in [-0.2, -0.15) is 0 Å². The van der Waals surface area contributed by atoms with Gasteiger partial charge in [-0.25, -0.2) is 0 Å². The van der Waals surface area contributed by atoms with E-state index in [-0.39, 0.29) is 5.91 Å². The van der Waals surface area contributed by atoms with E-state index in [1.165, 1.54) is 5.56 Å². The zero-order chi connectivity index (χ0) is 17.6. The molecule has 1 heterocycles. The molecule has 0 spiro atoms. The summed E-state index contributed by atoms with van der Waals surface area (Å²) in [6.45, 7) is 5.32. The molecule has 0 saturated carbocycles. The summed E-state index contributed by atoms with van der Waals surface area (Å²) in [5.41, 5.74) is 9.43. The molecule has 1 aliphatic rings. The fourth-order valence-electron chi connectivity index (χ4n) is 3.04. The van der Waals surface area contributed by atoms with Gasteiger partial charge in [0, 0.05) is 44.1 Å². The van der Waals surface area contributed by atoms with E-state index in [9.17, 15) is 4.79 Å². The molecule has 0 radical (unpaired) electrons. The first-order chi connectivity index (χ1) is 12.1. The van der Waals surface area contributed by atoms with Crippen molar-refractivity contribution in [1.82, 2.24) is 9.80 Å². The highest BCUT2D eigenvalue weighted by Crippen LogP contribution is 2.15. The van der Waals surface area contributed by atoms with E-state index in [1.54, 1.807) is 0 Å². The van der Waals surface area contributed by atoms with Crippen molar-refractivity contribution in [1.29, 1.82) is 0 Å². The fraction of sp³-hybridized carbons (Fsp3) is 0.350. The Kier molecular flexibility index (Phi) is 5.68. The Bertz CT molecular complexity index is 706. The number of nitrogens with one attached hydrogen (secondary N) is 1. The first-order valence-corrected chi connectivity index (χ1v) is 8.72. The van der Waals surface area contributed by atoms with Gasteiger partial charge in [0.25, 0.3) is 0 Å². The maximum absolute atomic E-state index is 12.2. The maximum atomic E-state index is 12.2. The molecule has 1 saturated heterocycles. The summed E-state index contributed by atoms with van der Waals surface area (Å²) in [7, 11) is 2.16. The molecule has 2 aromatic carbocycles. The van der Waals surface area contributed by atoms with Crippen LogP contribution in [0.15, 0.2) is 48.5 Å². The first-order valence-electron chi connectivity index (χ1n) is 8.72. The van der Waals surface area contributed by atoms with E-state index < -0.39 is 0 Å². The van der Waals surface area contributed by atoms with Crippen molar-refractivity contribution in [2.24, 2.45) is 0 Å². The van der Waals surface area contributed by atoms with Gasteiger partial charge in [0.1, 0.15) is 0 Å². The summed E-state index contributed by atoms with van der Waals surface area (Å²) >= 11 is 0. The van der Waals surface area contributed by atoms with E-state index in [0.717, 1.165) is 44.0 Å². The summed E-state index contributed by atoms with van der Waals surface area (Å²) in [5, 5.41) is 2.99. The van der Waals surface area contributed by atoms with E-state index in [2.05, 4.69) is 34.3 Å². The Morgan fingerprint density at radius 3 is 2.48 bits per heavy atom. The second-order valence-electron chi connectivity index (χ2n) is 6.75. The molecule has 2 aromatic rings. The average Bonchev–Trinajstić information content (AvgIpc) is 2.59. The third-order valence-electron chi connectivity index (χ3n) is 4.56. The third kappa shape index (κ3) is 5.31. The van der Waals surface area contributed by atoms with Crippen LogP contribution in [-0.2, 0) is 17.8 Å². The van der Waals surface area contributed by atoms with Crippen LogP contribution in [0.25, 0.3) is 0 Å². The quantitative estimate of drug-likeness (QED) is 0.821. The zero-order valence-corrected chi connectivity index (χ0v) is 14.7. The predicted molar refractivity (Wildman–Crippen MR) is 102 cm³/mol. The number of piperazine rings is 1. The van der Waals surface area contributed by atoms with Crippen LogP contribution in [0.5, 0.6) is 0 Å². The number of nitrogens with zero attached hydrogens (tertiary/aromatic N) is 2. The number of carbonyl (C=O) groups excluding carboxylic acids is 1. The van der Waals surface area contributed by atoms with Gasteiger partial charge in [0.2, 0.25) is 5.91 Å². The lowest BCUT2D eigenvalue weighted by Gasteiger charge is -2.32. The maximum Gasteiger partial charge on any atom is 0.228 e. The lowest BCUT2D eigenvalue weighted by Crippen LogP contribution is -2.43. The number of carbonyl (C=O) groups is 1. The molecule has 5 nitrogen and oxygen atoms in total. The molecule has 132 valence electrons. The number of hydrogen-bond acceptors (Lipinski definition) is 4. The highest BCUT2D eigenvalue weighted by Gasteiger charge is 2.14. The molecule has 3 N–H and O–H groups in total. The van der Waals surface area contributed by atoms with Crippen molar-refractivity contribution >= 4 is 17.3 Å². The summed E-state index contributed by atoms with van der Waals surface area (Å²) in [4.78, 5) is 17.1. The Balaban J connectivity index is 1.55. The first kappa shape index (κ1) is 17.5. The number of rotatable bonds is 5. The highest BCUT2D eigenvalue weighted by atomic mass is 16.1. The van der Waals surface area contributed by atoms with Crippen molar-refractivity contribution < 1.29 is 4.79 Å². The molecule has 0 atom stereocenters. The van der Waals surface area contributed by atoms with E-state index in [0.29, 0.717) is 12.1 Å². The smallest absolute Gasteiger partial charge is 0.228 e. The van der Waals surface area contributed by atoms with E-state index in [4.69, 9.17) is 5.73 Å². The summed E-state index contributed by atoms with van der Waals surface area (Å²) in [6, 6.07) is 15.5. The van der Waals surface area contributed by atoms with Crippen molar-refractivity contribution in [3.05, 3.63) is 59.7 Å². The van der Waals surface area contributed by atoms with Crippen molar-refractivity contribution in [3.8, 4) is 0 Å². The largest absolute Gasteiger partial charge is 0.399 e. The van der Waals surface area contributed by atoms with Crippen LogP contribution in [0.1, 0.15) is 11.1 Å². The normalized spacial score (nSPS) is 15.9. The minimum absolute atomic E-state index is 0.0125. The van der Waals surface area contributed by atoms with Gasteiger partial charge in [-0.3, -0.25) is 9.69 Å². The number of amides is 1. The van der Waals surface area contributed by atoms with Gasteiger partial charge in [-0.1, -0.05) is 24.3 Å². The van der Waals surface area contributed by atoms with Crippen LogP contribution in [-0.4, -0.2) is 48.9 Å². The van der Waals surface area contributed by atoms with Gasteiger partial charge < -0.3 is 16.0 Å². The Morgan fingerprint density at radius 1 is 1.04 bits per heavy atom. The van der Waals surface area contributed by atoms with Crippen molar-refractivity contribution in [2.75, 3.05) is 44.3 Å². The lowest BCUT2D eigenvalue weighted by atomic mass is 10.1. The molecule has 1 aliphatic heterocycles. The molecule has 3 rings (SSSR count). The Morgan fingerprint density at radius 2 is 1.76 bits per heavy atom. The summed E-state index contributed by atoms with van der Waals surface area (Å²) in [5.74, 6) is -0.0125. The van der Waals surface area contributed by atoms with Crippen LogP contribution < -0.4 is 11.1 Å². The van der Waals surface area contributed by atoms with Gasteiger partial charge in [-0.05, 0) is 42.4 Å². The number of nitrogens with two attached hydrogens (primary N) is 1. The Hall–Kier alpha value is -2.37. The number of hydrogen-bond donors (Lipinski definition) is 2. The van der Waals surface area contributed by atoms with Gasteiger partial charge >= 0.3 is 0 Å². The standard InChI is InChI=1S/C20H26N4O/c1-23-9-11-24(12-10-23)15-17-3-2-4-19(13-17)22-20(25)14-16-5-7-18(21)8-6-16/h2-8,13H,9-12,14-15,21H2,1H3,(H,22,25). The molecule has 1 amide bonds. The molecule has 0 unspecified atom stereocenters. The van der Waals surface area contributed by atoms with Crippen LogP contribution in [0, 0.1) is 0 Å². The number of anilines is 2. The number of benzene rings is 2. The third-order valence-corrected chi connectivity index (χ3v) is 4.56. The van der Waals surface area contributed by atoms with Crippen molar-refractivity contribution in [2.45, 2.75) is 13.0 Å². The second kappa shape index (κ2) is 8.14.